The topological polar surface area (TPSA) is 0 Å². The first-order valence-corrected chi connectivity index (χ1v) is 9.94. The van der Waals surface area contributed by atoms with Crippen LogP contribution >= 0.6 is 136 Å². The third-order valence-electron chi connectivity index (χ3n) is 1.50. The van der Waals surface area contributed by atoms with E-state index in [9.17, 15) is 0 Å². The molecule has 0 saturated carbocycles. The van der Waals surface area contributed by atoms with Crippen LogP contribution < -0.4 is 0 Å². The standard InChI is InChI=1S/C6H7I6/c1-5(3-7,2-4(8)9)6(10,11)12/h2-3H2,1H3. The van der Waals surface area contributed by atoms with Crippen LogP contribution in [0.15, 0.2) is 0 Å². The van der Waals surface area contributed by atoms with Gasteiger partial charge in [-0.15, -0.1) is 0 Å². The van der Waals surface area contributed by atoms with E-state index < -0.39 is 0 Å². The average Bonchev–Trinajstić information content (AvgIpc) is 1.83. The van der Waals surface area contributed by atoms with Gasteiger partial charge in [-0.2, -0.15) is 0 Å². The van der Waals surface area contributed by atoms with Crippen LogP contribution in [0.25, 0.3) is 0 Å². The Bertz CT molecular complexity index is 139. The van der Waals surface area contributed by atoms with E-state index in [1.165, 1.54) is 12.8 Å². The lowest BCUT2D eigenvalue weighted by Crippen LogP contribution is -2.32. The summed E-state index contributed by atoms with van der Waals surface area (Å²) in [6.45, 7) is 2.36. The van der Waals surface area contributed by atoms with Crippen molar-refractivity contribution in [1.29, 1.82) is 0 Å². The number of hydrogen-bond acceptors (Lipinski definition) is 0. The first-order chi connectivity index (χ1) is 5.23. The highest BCUT2D eigenvalue weighted by Crippen LogP contribution is 2.56. The van der Waals surface area contributed by atoms with Crippen molar-refractivity contribution in [2.45, 2.75) is 12.8 Å². The predicted molar refractivity (Wildman–Crippen MR) is 108 cm³/mol. The molecule has 0 nitrogen and oxygen atoms in total. The zero-order valence-electron chi connectivity index (χ0n) is 6.18. The lowest BCUT2D eigenvalue weighted by atomic mass is 9.93. The maximum atomic E-state index is 2.54. The molecule has 0 aliphatic rings. The third kappa shape index (κ3) is 5.63. The number of hydrogen-bond donors (Lipinski definition) is 0. The van der Waals surface area contributed by atoms with Crippen molar-refractivity contribution in [2.75, 3.05) is 4.43 Å². The molecule has 0 rings (SSSR count). The molecule has 0 aliphatic heterocycles. The smallest absolute Gasteiger partial charge is 0.0857 e. The minimum Gasteiger partial charge on any atom is -0.0857 e. The van der Waals surface area contributed by atoms with E-state index in [1.54, 1.807) is 0 Å². The van der Waals surface area contributed by atoms with Crippen LogP contribution in [0.5, 0.6) is 0 Å². The van der Waals surface area contributed by atoms with Crippen molar-refractivity contribution in [3.63, 3.8) is 0 Å². The first kappa shape index (κ1) is 16.4. The van der Waals surface area contributed by atoms with Crippen LogP contribution in [0, 0.1) is 7.35 Å². The summed E-state index contributed by atoms with van der Waals surface area (Å²) < 4.78 is 2.98. The van der Waals surface area contributed by atoms with Crippen LogP contribution in [0.4, 0.5) is 0 Å². The van der Waals surface area contributed by atoms with Crippen molar-refractivity contribution in [3.8, 4) is 0 Å². The monoisotopic (exact) mass is 840 g/mol. The van der Waals surface area contributed by atoms with Gasteiger partial charge >= 0.3 is 0 Å². The summed E-state index contributed by atoms with van der Waals surface area (Å²) in [6.07, 6.45) is 1.20. The van der Waals surface area contributed by atoms with Crippen LogP contribution in [-0.2, 0) is 0 Å². The summed E-state index contributed by atoms with van der Waals surface area (Å²) >= 11 is 14.9. The zero-order chi connectivity index (χ0) is 9.99. The van der Waals surface area contributed by atoms with Gasteiger partial charge in [0, 0.05) is 9.84 Å². The van der Waals surface area contributed by atoms with E-state index in [0.29, 0.717) is 4.85 Å². The molecule has 1 radical (unpaired) electrons. The quantitative estimate of drug-likeness (QED) is 0.236. The fraction of sp³-hybridized carbons (Fsp3) is 0.833. The van der Waals surface area contributed by atoms with E-state index in [-0.39, 0.29) is 0 Å². The van der Waals surface area contributed by atoms with Crippen LogP contribution in [-0.4, -0.2) is 3.86 Å². The Morgan fingerprint density at radius 2 is 1.58 bits per heavy atom. The Kier molecular flexibility index (Phi) is 9.50. The van der Waals surface area contributed by atoms with Gasteiger partial charge in [-0.1, -0.05) is 142 Å². The van der Waals surface area contributed by atoms with Gasteiger partial charge in [0.1, 0.15) is -0.565 Å². The summed E-state index contributed by atoms with van der Waals surface area (Å²) in [6, 6.07) is 0. The van der Waals surface area contributed by atoms with Gasteiger partial charge in [-0.05, 0) is 6.42 Å². The maximum Gasteiger partial charge on any atom is 0.130 e. The van der Waals surface area contributed by atoms with Gasteiger partial charge in [0.15, 0.2) is 0 Å². The van der Waals surface area contributed by atoms with Crippen molar-refractivity contribution in [1.82, 2.24) is 0 Å². The molecule has 0 aliphatic carbocycles. The van der Waals surface area contributed by atoms with Crippen LogP contribution in [0.2, 0.25) is 0 Å². The van der Waals surface area contributed by atoms with E-state index in [2.05, 4.69) is 142 Å². The van der Waals surface area contributed by atoms with Gasteiger partial charge in [0.05, 0.1) is 1.93 Å². The SMILES string of the molecule is CC(CI)(C[C](I)I)C(I)(I)I. The molecule has 0 aromatic carbocycles. The molecule has 0 N–H and O–H groups in total. The van der Waals surface area contributed by atoms with Crippen LogP contribution in [0.3, 0.4) is 0 Å². The summed E-state index contributed by atoms with van der Waals surface area (Å²) in [5.41, 5.74) is 0.396. The summed E-state index contributed by atoms with van der Waals surface area (Å²) in [5, 5.41) is 0. The van der Waals surface area contributed by atoms with E-state index >= 15 is 0 Å². The molecule has 1 atom stereocenters. The van der Waals surface area contributed by atoms with Crippen molar-refractivity contribution in [2.24, 2.45) is 5.41 Å². The molecule has 73 valence electrons. The molecule has 6 heteroatoms. The first-order valence-electron chi connectivity index (χ1n) is 3.02. The molecule has 1 unspecified atom stereocenters. The lowest BCUT2D eigenvalue weighted by molar-refractivity contribution is 0.434. The second-order valence-corrected chi connectivity index (χ2v) is 19.2. The summed E-state index contributed by atoms with van der Waals surface area (Å²) in [4.78, 5) is 0. The Labute approximate surface area is 156 Å². The minimum atomic E-state index is 0.309. The highest BCUT2D eigenvalue weighted by atomic mass is 127. The molecular formula is C6H7I6. The maximum absolute atomic E-state index is 2.54. The Balaban J connectivity index is 4.46. The fourth-order valence-corrected chi connectivity index (χ4v) is 6.38. The molecule has 12 heavy (non-hydrogen) atoms. The molecular weight excluding hydrogens is 833 g/mol. The number of halogens is 6. The Morgan fingerprint density at radius 3 is 1.67 bits per heavy atom. The van der Waals surface area contributed by atoms with Crippen molar-refractivity contribution >= 4 is 136 Å². The molecule has 0 aromatic rings. The molecule has 0 saturated heterocycles. The van der Waals surface area contributed by atoms with Gasteiger partial charge in [-0.25, -0.2) is 0 Å². The van der Waals surface area contributed by atoms with Crippen molar-refractivity contribution < 1.29 is 0 Å². The third-order valence-corrected chi connectivity index (χ3v) is 7.86. The fourth-order valence-electron chi connectivity index (χ4n) is 0.518. The predicted octanol–water partition coefficient (Wildman–Crippen LogP) is 6.14. The molecule has 0 aromatic heterocycles. The molecule has 0 heterocycles. The van der Waals surface area contributed by atoms with Gasteiger partial charge in [-0.3, -0.25) is 0 Å². The van der Waals surface area contributed by atoms with Gasteiger partial charge in [0.2, 0.25) is 0 Å². The Morgan fingerprint density at radius 1 is 1.17 bits per heavy atom. The summed E-state index contributed by atoms with van der Waals surface area (Å²) in [7, 11) is 0. The van der Waals surface area contributed by atoms with E-state index in [1.807, 2.05) is 0 Å². The van der Waals surface area contributed by atoms with Gasteiger partial charge < -0.3 is 0 Å². The molecule has 0 bridgehead atoms. The van der Waals surface area contributed by atoms with Crippen LogP contribution in [0.1, 0.15) is 13.3 Å². The molecule has 0 spiro atoms. The Hall–Kier alpha value is 4.38. The average molecular weight is 841 g/mol. The molecule has 0 amide bonds. The normalized spacial score (nSPS) is 18.0. The lowest BCUT2D eigenvalue weighted by Gasteiger charge is -2.36. The minimum absolute atomic E-state index is 0.309. The van der Waals surface area contributed by atoms with Gasteiger partial charge in [0.25, 0.3) is 0 Å². The largest absolute Gasteiger partial charge is 0.130 e. The zero-order valence-corrected chi connectivity index (χ0v) is 19.1. The second-order valence-electron chi connectivity index (χ2n) is 2.71. The number of rotatable bonds is 4. The highest BCUT2D eigenvalue weighted by Gasteiger charge is 2.42. The second kappa shape index (κ2) is 6.96. The number of alkyl halides is 4. The highest BCUT2D eigenvalue weighted by molar-refractivity contribution is 14.3. The van der Waals surface area contributed by atoms with E-state index in [4.69, 9.17) is 0 Å². The van der Waals surface area contributed by atoms with E-state index in [0.717, 1.165) is 0 Å². The summed E-state index contributed by atoms with van der Waals surface area (Å²) in [5.74, 6) is 0. The van der Waals surface area contributed by atoms with Crippen molar-refractivity contribution in [3.05, 3.63) is 1.93 Å². The molecule has 0 fully saturated rings.